The van der Waals surface area contributed by atoms with E-state index < -0.39 is 40.9 Å². The Kier molecular flexibility index (Phi) is 8.96. The third-order valence-corrected chi connectivity index (χ3v) is 8.75. The van der Waals surface area contributed by atoms with Crippen LogP contribution in [0.25, 0.3) is 0 Å². The Morgan fingerprint density at radius 3 is 2.28 bits per heavy atom. The number of likely N-dealkylation sites (tertiary alicyclic amines) is 1. The number of amides is 1. The maximum atomic E-state index is 13.5. The molecule has 3 aromatic carbocycles. The molecular weight excluding hydrogens is 594 g/mol. The molecule has 5 rings (SSSR count). The Bertz CT molecular complexity index is 1490. The van der Waals surface area contributed by atoms with Crippen LogP contribution in [-0.4, -0.2) is 41.4 Å². The Morgan fingerprint density at radius 1 is 0.907 bits per heavy atom. The highest BCUT2D eigenvalue weighted by Gasteiger charge is 2.38. The average molecular weight is 623 g/mol. The summed E-state index contributed by atoms with van der Waals surface area (Å²) in [6, 6.07) is 16.6. The number of halogens is 6. The van der Waals surface area contributed by atoms with Crippen molar-refractivity contribution in [3.05, 3.63) is 94.5 Å². The first kappa shape index (κ1) is 30.8. The van der Waals surface area contributed by atoms with Crippen LogP contribution in [0.4, 0.5) is 26.3 Å². The normalized spacial score (nSPS) is 18.1. The zero-order chi connectivity index (χ0) is 30.8. The fraction of sp³-hybridized carbons (Fsp3) is 0.355. The van der Waals surface area contributed by atoms with E-state index in [4.69, 9.17) is 9.47 Å². The van der Waals surface area contributed by atoms with Gasteiger partial charge in [0.1, 0.15) is 6.61 Å². The van der Waals surface area contributed by atoms with Gasteiger partial charge in [0.05, 0.1) is 23.5 Å². The minimum Gasteiger partial charge on any atom is -0.493 e. The van der Waals surface area contributed by atoms with Crippen LogP contribution in [0, 0.1) is 0 Å². The van der Waals surface area contributed by atoms with Crippen molar-refractivity contribution in [1.82, 2.24) is 4.90 Å². The number of carbonyl (C=O) groups is 1. The molecule has 1 unspecified atom stereocenters. The van der Waals surface area contributed by atoms with Crippen molar-refractivity contribution < 1.29 is 40.6 Å². The second kappa shape index (κ2) is 12.5. The van der Waals surface area contributed by atoms with E-state index in [9.17, 15) is 31.1 Å². The van der Waals surface area contributed by atoms with Crippen molar-refractivity contribution in [2.75, 3.05) is 20.2 Å². The van der Waals surface area contributed by atoms with Gasteiger partial charge in [-0.1, -0.05) is 54.2 Å². The molecule has 0 bridgehead atoms. The quantitative estimate of drug-likeness (QED) is 0.253. The van der Waals surface area contributed by atoms with Crippen molar-refractivity contribution in [3.8, 4) is 11.5 Å². The van der Waals surface area contributed by atoms with Gasteiger partial charge >= 0.3 is 12.4 Å². The highest BCUT2D eigenvalue weighted by Crippen LogP contribution is 2.39. The van der Waals surface area contributed by atoms with Crippen molar-refractivity contribution in [2.45, 2.75) is 49.4 Å². The molecule has 1 fully saturated rings. The summed E-state index contributed by atoms with van der Waals surface area (Å²) in [5.74, 6) is 0.579. The van der Waals surface area contributed by atoms with Gasteiger partial charge in [-0.3, -0.25) is 4.79 Å². The molecule has 0 aromatic heterocycles. The van der Waals surface area contributed by atoms with Crippen molar-refractivity contribution in [3.63, 3.8) is 0 Å². The second-order valence-electron chi connectivity index (χ2n) is 10.4. The molecule has 228 valence electrons. The highest BCUT2D eigenvalue weighted by molar-refractivity contribution is 8.15. The first-order valence-corrected chi connectivity index (χ1v) is 14.5. The van der Waals surface area contributed by atoms with E-state index in [0.717, 1.165) is 37.6 Å². The molecule has 0 saturated carbocycles. The van der Waals surface area contributed by atoms with E-state index in [1.165, 1.54) is 30.5 Å². The van der Waals surface area contributed by atoms with E-state index in [1.807, 2.05) is 18.2 Å². The van der Waals surface area contributed by atoms with Gasteiger partial charge < -0.3 is 14.4 Å². The fourth-order valence-electron chi connectivity index (χ4n) is 5.24. The van der Waals surface area contributed by atoms with Gasteiger partial charge in [-0.2, -0.15) is 31.3 Å². The van der Waals surface area contributed by atoms with Gasteiger partial charge in [0.15, 0.2) is 16.7 Å². The lowest BCUT2D eigenvalue weighted by molar-refractivity contribution is -0.143. The smallest absolute Gasteiger partial charge is 0.416 e. The van der Waals surface area contributed by atoms with Gasteiger partial charge in [0.25, 0.3) is 5.91 Å². The molecule has 2 heterocycles. The standard InChI is InChI=1S/C31H28F6N2O3S/c1-41-26-15-19(7-10-25(26)42-18-22-8-9-23(30(32,33)34)17-24(22)31(35,36)37)16-27-28(40)38-29(43-27)39-13-11-21(12-14-39)20-5-3-2-4-6-20/h2-10,15,17,21,27H,11-14,16,18H2,1H3. The highest BCUT2D eigenvalue weighted by atomic mass is 32.2. The zero-order valence-electron chi connectivity index (χ0n) is 23.0. The second-order valence-corrected chi connectivity index (χ2v) is 11.5. The minimum absolute atomic E-state index is 0.0805. The lowest BCUT2D eigenvalue weighted by Gasteiger charge is -2.33. The van der Waals surface area contributed by atoms with Gasteiger partial charge in [0, 0.05) is 18.7 Å². The summed E-state index contributed by atoms with van der Waals surface area (Å²) in [5.41, 5.74) is -1.21. The van der Waals surface area contributed by atoms with Gasteiger partial charge in [-0.15, -0.1) is 0 Å². The van der Waals surface area contributed by atoms with Gasteiger partial charge in [0.2, 0.25) is 0 Å². The van der Waals surface area contributed by atoms with Crippen molar-refractivity contribution >= 4 is 22.8 Å². The number of nitrogens with zero attached hydrogens (tertiary/aromatic N) is 2. The summed E-state index contributed by atoms with van der Waals surface area (Å²) in [5, 5.41) is 0.283. The molecule has 0 N–H and O–H groups in total. The third kappa shape index (κ3) is 7.29. The number of methoxy groups -OCH3 is 1. The number of ether oxygens (including phenoxy) is 2. The summed E-state index contributed by atoms with van der Waals surface area (Å²) in [7, 11) is 1.36. The average Bonchev–Trinajstić information content (AvgIpc) is 3.35. The van der Waals surface area contributed by atoms with Crippen molar-refractivity contribution in [2.24, 2.45) is 4.99 Å². The fourth-order valence-corrected chi connectivity index (χ4v) is 6.40. The number of rotatable bonds is 7. The van der Waals surface area contributed by atoms with Crippen LogP contribution in [0.5, 0.6) is 11.5 Å². The molecule has 0 spiro atoms. The summed E-state index contributed by atoms with van der Waals surface area (Å²) >= 11 is 1.42. The van der Waals surface area contributed by atoms with Gasteiger partial charge in [-0.05, 0) is 60.6 Å². The van der Waals surface area contributed by atoms with Crippen LogP contribution >= 0.6 is 11.8 Å². The van der Waals surface area contributed by atoms with E-state index in [-0.39, 0.29) is 23.5 Å². The summed E-state index contributed by atoms with van der Waals surface area (Å²) < 4.78 is 90.4. The predicted octanol–water partition coefficient (Wildman–Crippen LogP) is 7.73. The number of aliphatic imine (C=N–C) groups is 1. The number of hydrogen-bond acceptors (Lipinski definition) is 5. The topological polar surface area (TPSA) is 51.1 Å². The SMILES string of the molecule is COc1cc(CC2SC(N3CCC(c4ccccc4)CC3)=NC2=O)ccc1OCc1ccc(C(F)(F)F)cc1C(F)(F)F. The Morgan fingerprint density at radius 2 is 1.63 bits per heavy atom. The van der Waals surface area contributed by atoms with Gasteiger partial charge in [-0.25, -0.2) is 0 Å². The number of hydrogen-bond donors (Lipinski definition) is 0. The molecule has 5 nitrogen and oxygen atoms in total. The number of piperidine rings is 1. The van der Waals surface area contributed by atoms with Crippen LogP contribution in [0.1, 0.15) is 46.6 Å². The van der Waals surface area contributed by atoms with E-state index in [2.05, 4.69) is 22.0 Å². The maximum Gasteiger partial charge on any atom is 0.416 e. The molecule has 1 amide bonds. The largest absolute Gasteiger partial charge is 0.493 e. The molecule has 3 aromatic rings. The first-order chi connectivity index (χ1) is 20.4. The molecule has 43 heavy (non-hydrogen) atoms. The Labute approximate surface area is 248 Å². The number of amidine groups is 1. The third-order valence-electron chi connectivity index (χ3n) is 7.54. The van der Waals surface area contributed by atoms with Crippen LogP contribution in [0.15, 0.2) is 71.7 Å². The summed E-state index contributed by atoms with van der Waals surface area (Å²) in [6.45, 7) is 0.984. The molecule has 12 heteroatoms. The molecular formula is C31H28F6N2O3S. The summed E-state index contributed by atoms with van der Waals surface area (Å²) in [6.07, 6.45) is -7.62. The number of benzene rings is 3. The first-order valence-electron chi connectivity index (χ1n) is 13.6. The van der Waals surface area contributed by atoms with Crippen LogP contribution in [0.2, 0.25) is 0 Å². The molecule has 0 aliphatic carbocycles. The molecule has 0 radical (unpaired) electrons. The molecule has 2 aliphatic rings. The predicted molar refractivity (Wildman–Crippen MR) is 151 cm³/mol. The lowest BCUT2D eigenvalue weighted by atomic mass is 9.90. The molecule has 2 aliphatic heterocycles. The number of thioether (sulfide) groups is 1. The van der Waals surface area contributed by atoms with E-state index in [1.54, 1.807) is 12.1 Å². The molecule has 1 atom stereocenters. The number of carbonyl (C=O) groups excluding carboxylic acids is 1. The molecule has 1 saturated heterocycles. The van der Waals surface area contributed by atoms with Crippen LogP contribution in [0.3, 0.4) is 0 Å². The van der Waals surface area contributed by atoms with Crippen molar-refractivity contribution in [1.29, 1.82) is 0 Å². The Balaban J connectivity index is 1.20. The number of alkyl halides is 6. The van der Waals surface area contributed by atoms with Crippen LogP contribution in [-0.2, 0) is 30.2 Å². The Hall–Kier alpha value is -3.67. The maximum absolute atomic E-state index is 13.5. The summed E-state index contributed by atoms with van der Waals surface area (Å²) in [4.78, 5) is 19.2. The lowest BCUT2D eigenvalue weighted by Crippen LogP contribution is -2.36. The monoisotopic (exact) mass is 622 g/mol. The van der Waals surface area contributed by atoms with E-state index in [0.29, 0.717) is 23.6 Å². The van der Waals surface area contributed by atoms with Crippen LogP contribution < -0.4 is 9.47 Å². The minimum atomic E-state index is -5.00. The van der Waals surface area contributed by atoms with E-state index >= 15 is 0 Å². The zero-order valence-corrected chi connectivity index (χ0v) is 23.9.